The van der Waals surface area contributed by atoms with Crippen LogP contribution in [0.3, 0.4) is 0 Å². The highest BCUT2D eigenvalue weighted by molar-refractivity contribution is 5.53. The van der Waals surface area contributed by atoms with Gasteiger partial charge in [0.05, 0.1) is 5.69 Å². The Bertz CT molecular complexity index is 910. The Hall–Kier alpha value is -2.86. The Labute approximate surface area is 152 Å². The Morgan fingerprint density at radius 3 is 2.58 bits per heavy atom. The molecule has 3 aromatic heterocycles. The highest BCUT2D eigenvalue weighted by atomic mass is 16.1. The van der Waals surface area contributed by atoms with E-state index in [4.69, 9.17) is 4.98 Å². The summed E-state index contributed by atoms with van der Waals surface area (Å²) in [5.74, 6) is 0.884. The van der Waals surface area contributed by atoms with Gasteiger partial charge in [0.2, 0.25) is 0 Å². The van der Waals surface area contributed by atoms with Crippen LogP contribution in [0.2, 0.25) is 0 Å². The monoisotopic (exact) mass is 347 g/mol. The highest BCUT2D eigenvalue weighted by Crippen LogP contribution is 2.27. The van der Waals surface area contributed by atoms with Crippen LogP contribution in [0.1, 0.15) is 30.0 Å². The molecular formula is C20H21N5O. The summed E-state index contributed by atoms with van der Waals surface area (Å²) in [4.78, 5) is 30.3. The van der Waals surface area contributed by atoms with E-state index in [-0.39, 0.29) is 11.5 Å². The van der Waals surface area contributed by atoms with Crippen LogP contribution in [-0.4, -0.2) is 37.9 Å². The Morgan fingerprint density at radius 2 is 1.81 bits per heavy atom. The molecule has 0 amide bonds. The molecule has 0 saturated carbocycles. The van der Waals surface area contributed by atoms with E-state index in [9.17, 15) is 4.79 Å². The summed E-state index contributed by atoms with van der Waals surface area (Å²) in [6, 6.07) is 9.47. The van der Waals surface area contributed by atoms with Gasteiger partial charge in [-0.1, -0.05) is 0 Å². The van der Waals surface area contributed by atoms with E-state index in [0.29, 0.717) is 5.82 Å². The van der Waals surface area contributed by atoms with Gasteiger partial charge in [-0.3, -0.25) is 19.7 Å². The number of hydrogen-bond acceptors (Lipinski definition) is 5. The normalized spacial score (nSPS) is 17.9. The molecule has 6 heteroatoms. The molecule has 4 rings (SSSR count). The van der Waals surface area contributed by atoms with Gasteiger partial charge in [-0.25, -0.2) is 4.98 Å². The minimum absolute atomic E-state index is 0.104. The Kier molecular flexibility index (Phi) is 4.84. The van der Waals surface area contributed by atoms with Crippen LogP contribution in [0, 0.1) is 0 Å². The zero-order valence-electron chi connectivity index (χ0n) is 14.5. The lowest BCUT2D eigenvalue weighted by Crippen LogP contribution is -2.34. The average molecular weight is 347 g/mol. The van der Waals surface area contributed by atoms with Crippen molar-refractivity contribution in [1.82, 2.24) is 24.8 Å². The summed E-state index contributed by atoms with van der Waals surface area (Å²) < 4.78 is 0. The number of rotatable bonds is 4. The first-order chi connectivity index (χ1) is 12.8. The Balaban J connectivity index is 1.55. The van der Waals surface area contributed by atoms with Crippen molar-refractivity contribution >= 4 is 0 Å². The summed E-state index contributed by atoms with van der Waals surface area (Å²) in [7, 11) is 0. The first-order valence-electron chi connectivity index (χ1n) is 8.91. The predicted octanol–water partition coefficient (Wildman–Crippen LogP) is 2.61. The molecule has 0 radical (unpaired) electrons. The van der Waals surface area contributed by atoms with Crippen molar-refractivity contribution in [3.05, 3.63) is 76.7 Å². The summed E-state index contributed by atoms with van der Waals surface area (Å²) in [5.41, 5.74) is 2.91. The van der Waals surface area contributed by atoms with Crippen LogP contribution in [-0.2, 0) is 6.54 Å². The lowest BCUT2D eigenvalue weighted by molar-refractivity contribution is 0.198. The molecule has 0 spiro atoms. The topological polar surface area (TPSA) is 74.8 Å². The molecule has 1 fully saturated rings. The van der Waals surface area contributed by atoms with Crippen LogP contribution < -0.4 is 5.56 Å². The van der Waals surface area contributed by atoms with Gasteiger partial charge < -0.3 is 4.98 Å². The van der Waals surface area contributed by atoms with Crippen molar-refractivity contribution in [3.63, 3.8) is 0 Å². The standard InChI is InChI=1S/C20H21N5O/c26-19-12-18(23-20(24-19)16-5-9-22-10-6-16)17-2-1-11-25(14-17)13-15-3-7-21-8-4-15/h3-10,12,17H,1-2,11,13-14H2,(H,23,24,26)/t17-/m0/s1. The Morgan fingerprint density at radius 1 is 1.08 bits per heavy atom. The third-order valence-corrected chi connectivity index (χ3v) is 4.79. The summed E-state index contributed by atoms with van der Waals surface area (Å²) in [6.45, 7) is 2.88. The second-order valence-corrected chi connectivity index (χ2v) is 6.68. The molecule has 1 aliphatic heterocycles. The van der Waals surface area contributed by atoms with Crippen LogP contribution in [0.15, 0.2) is 59.9 Å². The van der Waals surface area contributed by atoms with E-state index in [1.54, 1.807) is 18.5 Å². The number of nitrogens with one attached hydrogen (secondary N) is 1. The number of aromatic amines is 1. The van der Waals surface area contributed by atoms with Crippen molar-refractivity contribution in [2.75, 3.05) is 13.1 Å². The van der Waals surface area contributed by atoms with Gasteiger partial charge in [0.25, 0.3) is 5.56 Å². The second-order valence-electron chi connectivity index (χ2n) is 6.68. The molecule has 1 atom stereocenters. The fourth-order valence-corrected chi connectivity index (χ4v) is 3.52. The molecular weight excluding hydrogens is 326 g/mol. The molecule has 3 aromatic rings. The minimum atomic E-state index is -0.104. The van der Waals surface area contributed by atoms with Crippen molar-refractivity contribution in [2.45, 2.75) is 25.3 Å². The van der Waals surface area contributed by atoms with Gasteiger partial charge in [-0.05, 0) is 49.2 Å². The smallest absolute Gasteiger partial charge is 0.251 e. The largest absolute Gasteiger partial charge is 0.307 e. The number of aromatic nitrogens is 4. The van der Waals surface area contributed by atoms with Gasteiger partial charge in [0, 0.05) is 55.4 Å². The van der Waals surface area contributed by atoms with E-state index >= 15 is 0 Å². The lowest BCUT2D eigenvalue weighted by Gasteiger charge is -2.32. The van der Waals surface area contributed by atoms with Gasteiger partial charge in [-0.15, -0.1) is 0 Å². The van der Waals surface area contributed by atoms with Gasteiger partial charge >= 0.3 is 0 Å². The fourth-order valence-electron chi connectivity index (χ4n) is 3.52. The van der Waals surface area contributed by atoms with Crippen LogP contribution >= 0.6 is 0 Å². The molecule has 4 heterocycles. The summed E-state index contributed by atoms with van der Waals surface area (Å²) >= 11 is 0. The van der Waals surface area contributed by atoms with E-state index in [1.165, 1.54) is 5.56 Å². The van der Waals surface area contributed by atoms with Crippen molar-refractivity contribution < 1.29 is 0 Å². The number of hydrogen-bond donors (Lipinski definition) is 1. The van der Waals surface area contributed by atoms with Crippen molar-refractivity contribution in [2.24, 2.45) is 0 Å². The molecule has 1 aliphatic rings. The zero-order valence-corrected chi connectivity index (χ0v) is 14.5. The first-order valence-corrected chi connectivity index (χ1v) is 8.91. The van der Waals surface area contributed by atoms with E-state index in [0.717, 1.165) is 43.7 Å². The highest BCUT2D eigenvalue weighted by Gasteiger charge is 2.23. The number of nitrogens with zero attached hydrogens (tertiary/aromatic N) is 4. The predicted molar refractivity (Wildman–Crippen MR) is 99.6 cm³/mol. The van der Waals surface area contributed by atoms with Crippen molar-refractivity contribution in [1.29, 1.82) is 0 Å². The third kappa shape index (κ3) is 3.86. The maximum absolute atomic E-state index is 12.2. The maximum atomic E-state index is 12.2. The van der Waals surface area contributed by atoms with Crippen LogP contribution in [0.4, 0.5) is 0 Å². The van der Waals surface area contributed by atoms with Gasteiger partial charge in [0.1, 0.15) is 5.82 Å². The summed E-state index contributed by atoms with van der Waals surface area (Å²) in [6.07, 6.45) is 9.23. The lowest BCUT2D eigenvalue weighted by atomic mass is 9.94. The molecule has 6 nitrogen and oxygen atoms in total. The van der Waals surface area contributed by atoms with Gasteiger partial charge in [0.15, 0.2) is 0 Å². The van der Waals surface area contributed by atoms with E-state index in [1.807, 2.05) is 24.5 Å². The fraction of sp³-hybridized carbons (Fsp3) is 0.300. The quantitative estimate of drug-likeness (QED) is 0.785. The van der Waals surface area contributed by atoms with Gasteiger partial charge in [-0.2, -0.15) is 0 Å². The summed E-state index contributed by atoms with van der Waals surface area (Å²) in [5, 5.41) is 0. The van der Waals surface area contributed by atoms with Crippen LogP contribution in [0.5, 0.6) is 0 Å². The number of H-pyrrole nitrogens is 1. The first kappa shape index (κ1) is 16.6. The van der Waals surface area contributed by atoms with E-state index < -0.39 is 0 Å². The zero-order chi connectivity index (χ0) is 17.8. The maximum Gasteiger partial charge on any atom is 0.251 e. The van der Waals surface area contributed by atoms with Crippen LogP contribution in [0.25, 0.3) is 11.4 Å². The number of pyridine rings is 2. The molecule has 26 heavy (non-hydrogen) atoms. The number of likely N-dealkylation sites (tertiary alicyclic amines) is 1. The number of piperidine rings is 1. The molecule has 1 saturated heterocycles. The molecule has 0 aromatic carbocycles. The SMILES string of the molecule is O=c1cc([C@H]2CCCN(Cc3ccncc3)C2)nc(-c2ccncc2)[nH]1. The second kappa shape index (κ2) is 7.58. The average Bonchev–Trinajstić information content (AvgIpc) is 2.69. The third-order valence-electron chi connectivity index (χ3n) is 4.79. The molecule has 0 bridgehead atoms. The molecule has 1 N–H and O–H groups in total. The minimum Gasteiger partial charge on any atom is -0.307 e. The van der Waals surface area contributed by atoms with Crippen molar-refractivity contribution in [3.8, 4) is 11.4 Å². The molecule has 0 aliphatic carbocycles. The molecule has 132 valence electrons. The molecule has 0 unspecified atom stereocenters. The van der Waals surface area contributed by atoms with E-state index in [2.05, 4.69) is 32.0 Å².